The molecule has 1 heterocycles. The summed E-state index contributed by atoms with van der Waals surface area (Å²) in [7, 11) is 0. The maximum absolute atomic E-state index is 12.4. The monoisotopic (exact) mass is 293 g/mol. The molecule has 1 fully saturated rings. The van der Waals surface area contributed by atoms with E-state index in [1.807, 2.05) is 6.92 Å². The predicted molar refractivity (Wildman–Crippen MR) is 78.4 cm³/mol. The van der Waals surface area contributed by atoms with E-state index >= 15 is 0 Å². The van der Waals surface area contributed by atoms with Gasteiger partial charge in [-0.15, -0.1) is 0 Å². The van der Waals surface area contributed by atoms with Crippen LogP contribution < -0.4 is 5.32 Å². The SMILES string of the molecule is CCNc1ccc(C(=O)N2CCC(CO)C2)cc1[N+](=O)[O-]. The number of rotatable bonds is 5. The standard InChI is InChI=1S/C14H19N3O4/c1-2-15-12-4-3-11(7-13(12)17(20)21)14(19)16-6-5-10(8-16)9-18/h3-4,7,10,15,18H,2,5-6,8-9H2,1H3. The Hall–Kier alpha value is -2.15. The summed E-state index contributed by atoms with van der Waals surface area (Å²) in [6.45, 7) is 3.55. The fourth-order valence-electron chi connectivity index (χ4n) is 2.50. The molecule has 0 radical (unpaired) electrons. The molecule has 7 heteroatoms. The van der Waals surface area contributed by atoms with Gasteiger partial charge in [-0.1, -0.05) is 0 Å². The number of aliphatic hydroxyl groups excluding tert-OH is 1. The van der Waals surface area contributed by atoms with Crippen molar-refractivity contribution in [2.75, 3.05) is 31.6 Å². The van der Waals surface area contributed by atoms with Crippen molar-refractivity contribution >= 4 is 17.3 Å². The van der Waals surface area contributed by atoms with Gasteiger partial charge in [-0.2, -0.15) is 0 Å². The van der Waals surface area contributed by atoms with E-state index in [4.69, 9.17) is 5.11 Å². The zero-order chi connectivity index (χ0) is 15.4. The molecule has 1 saturated heterocycles. The second-order valence-electron chi connectivity index (χ2n) is 5.11. The van der Waals surface area contributed by atoms with Crippen LogP contribution in [-0.2, 0) is 0 Å². The molecule has 2 rings (SSSR count). The van der Waals surface area contributed by atoms with E-state index in [9.17, 15) is 14.9 Å². The molecule has 0 bridgehead atoms. The normalized spacial score (nSPS) is 17.8. The number of amides is 1. The van der Waals surface area contributed by atoms with E-state index in [-0.39, 0.29) is 24.1 Å². The van der Waals surface area contributed by atoms with Gasteiger partial charge in [0.25, 0.3) is 11.6 Å². The van der Waals surface area contributed by atoms with E-state index in [1.165, 1.54) is 6.07 Å². The van der Waals surface area contributed by atoms with Crippen molar-refractivity contribution in [2.45, 2.75) is 13.3 Å². The van der Waals surface area contributed by atoms with Gasteiger partial charge in [-0.05, 0) is 25.5 Å². The van der Waals surface area contributed by atoms with Crippen LogP contribution in [0.3, 0.4) is 0 Å². The van der Waals surface area contributed by atoms with Gasteiger partial charge >= 0.3 is 0 Å². The summed E-state index contributed by atoms with van der Waals surface area (Å²) in [5.41, 5.74) is 0.622. The zero-order valence-electron chi connectivity index (χ0n) is 11.9. The van der Waals surface area contributed by atoms with E-state index in [1.54, 1.807) is 17.0 Å². The first-order chi connectivity index (χ1) is 10.1. The Morgan fingerprint density at radius 2 is 2.33 bits per heavy atom. The number of nitrogens with one attached hydrogen (secondary N) is 1. The third-order valence-electron chi connectivity index (χ3n) is 3.64. The molecule has 0 aliphatic carbocycles. The Morgan fingerprint density at radius 1 is 1.57 bits per heavy atom. The smallest absolute Gasteiger partial charge is 0.293 e. The molecule has 0 spiro atoms. The molecular weight excluding hydrogens is 274 g/mol. The highest BCUT2D eigenvalue weighted by Crippen LogP contribution is 2.27. The number of carbonyl (C=O) groups is 1. The number of nitrogens with zero attached hydrogens (tertiary/aromatic N) is 2. The lowest BCUT2D eigenvalue weighted by Crippen LogP contribution is -2.29. The molecule has 1 amide bonds. The quantitative estimate of drug-likeness (QED) is 0.633. The van der Waals surface area contributed by atoms with Crippen molar-refractivity contribution in [1.82, 2.24) is 4.90 Å². The van der Waals surface area contributed by atoms with Crippen molar-refractivity contribution in [3.8, 4) is 0 Å². The molecule has 7 nitrogen and oxygen atoms in total. The third-order valence-corrected chi connectivity index (χ3v) is 3.64. The first-order valence-corrected chi connectivity index (χ1v) is 6.99. The van der Waals surface area contributed by atoms with Gasteiger partial charge in [0.1, 0.15) is 5.69 Å². The van der Waals surface area contributed by atoms with Crippen LogP contribution in [0.5, 0.6) is 0 Å². The number of hydrogen-bond donors (Lipinski definition) is 2. The summed E-state index contributed by atoms with van der Waals surface area (Å²) in [4.78, 5) is 24.6. The molecule has 1 aromatic carbocycles. The lowest BCUT2D eigenvalue weighted by molar-refractivity contribution is -0.384. The topological polar surface area (TPSA) is 95.7 Å². The van der Waals surface area contributed by atoms with Crippen LogP contribution in [0.25, 0.3) is 0 Å². The van der Waals surface area contributed by atoms with Crippen molar-refractivity contribution in [3.63, 3.8) is 0 Å². The minimum Gasteiger partial charge on any atom is -0.396 e. The van der Waals surface area contributed by atoms with Crippen LogP contribution in [0.2, 0.25) is 0 Å². The Morgan fingerprint density at radius 3 is 2.90 bits per heavy atom. The number of nitro benzene ring substituents is 1. The highest BCUT2D eigenvalue weighted by atomic mass is 16.6. The van der Waals surface area contributed by atoms with Gasteiger partial charge in [0.2, 0.25) is 0 Å². The first kappa shape index (κ1) is 15.2. The van der Waals surface area contributed by atoms with E-state index in [2.05, 4.69) is 5.32 Å². The second kappa shape index (κ2) is 6.53. The maximum atomic E-state index is 12.4. The Kier molecular flexibility index (Phi) is 4.74. The minimum absolute atomic E-state index is 0.0588. The van der Waals surface area contributed by atoms with Gasteiger partial charge in [0.15, 0.2) is 0 Å². The number of aliphatic hydroxyl groups is 1. The molecular formula is C14H19N3O4. The van der Waals surface area contributed by atoms with Gasteiger partial charge in [-0.25, -0.2) is 0 Å². The lowest BCUT2D eigenvalue weighted by Gasteiger charge is -2.16. The molecule has 2 N–H and O–H groups in total. The maximum Gasteiger partial charge on any atom is 0.293 e. The largest absolute Gasteiger partial charge is 0.396 e. The van der Waals surface area contributed by atoms with Crippen LogP contribution in [0, 0.1) is 16.0 Å². The molecule has 1 aromatic rings. The third kappa shape index (κ3) is 3.30. The summed E-state index contributed by atoms with van der Waals surface area (Å²) < 4.78 is 0. The fourth-order valence-corrected chi connectivity index (χ4v) is 2.50. The number of benzene rings is 1. The number of anilines is 1. The predicted octanol–water partition coefficient (Wildman–Crippen LogP) is 1.48. The van der Waals surface area contributed by atoms with Crippen molar-refractivity contribution in [3.05, 3.63) is 33.9 Å². The van der Waals surface area contributed by atoms with Crippen LogP contribution >= 0.6 is 0 Å². The molecule has 114 valence electrons. The summed E-state index contributed by atoms with van der Waals surface area (Å²) in [6.07, 6.45) is 0.764. The average molecular weight is 293 g/mol. The molecule has 0 aromatic heterocycles. The lowest BCUT2D eigenvalue weighted by atomic mass is 10.1. The highest BCUT2D eigenvalue weighted by Gasteiger charge is 2.27. The highest BCUT2D eigenvalue weighted by molar-refractivity contribution is 5.96. The first-order valence-electron chi connectivity index (χ1n) is 6.99. The van der Waals surface area contributed by atoms with Crippen molar-refractivity contribution in [2.24, 2.45) is 5.92 Å². The van der Waals surface area contributed by atoms with Crippen LogP contribution in [0.15, 0.2) is 18.2 Å². The molecule has 1 aliphatic heterocycles. The number of nitro groups is 1. The molecule has 1 atom stereocenters. The van der Waals surface area contributed by atoms with Crippen molar-refractivity contribution in [1.29, 1.82) is 0 Å². The van der Waals surface area contributed by atoms with Gasteiger partial charge in [0, 0.05) is 43.8 Å². The van der Waals surface area contributed by atoms with E-state index in [0.717, 1.165) is 6.42 Å². The summed E-state index contributed by atoms with van der Waals surface area (Å²) in [5.74, 6) is -0.123. The summed E-state index contributed by atoms with van der Waals surface area (Å²) in [5, 5.41) is 23.1. The Balaban J connectivity index is 2.22. The van der Waals surface area contributed by atoms with Crippen LogP contribution in [0.4, 0.5) is 11.4 Å². The van der Waals surface area contributed by atoms with Crippen LogP contribution in [0.1, 0.15) is 23.7 Å². The van der Waals surface area contributed by atoms with Crippen molar-refractivity contribution < 1.29 is 14.8 Å². The number of hydrogen-bond acceptors (Lipinski definition) is 5. The van der Waals surface area contributed by atoms with E-state index in [0.29, 0.717) is 30.9 Å². The summed E-state index contributed by atoms with van der Waals surface area (Å²) >= 11 is 0. The van der Waals surface area contributed by atoms with Gasteiger partial charge in [-0.3, -0.25) is 14.9 Å². The zero-order valence-corrected chi connectivity index (χ0v) is 11.9. The van der Waals surface area contributed by atoms with E-state index < -0.39 is 4.92 Å². The number of likely N-dealkylation sites (tertiary alicyclic amines) is 1. The minimum atomic E-state index is -0.491. The molecule has 0 saturated carbocycles. The number of carbonyl (C=O) groups excluding carboxylic acids is 1. The van der Waals surface area contributed by atoms with Gasteiger partial charge in [0.05, 0.1) is 4.92 Å². The van der Waals surface area contributed by atoms with Gasteiger partial charge < -0.3 is 15.3 Å². The Labute approximate surface area is 122 Å². The molecule has 1 unspecified atom stereocenters. The molecule has 1 aliphatic rings. The Bertz CT molecular complexity index is 547. The average Bonchev–Trinajstić information content (AvgIpc) is 2.96. The summed E-state index contributed by atoms with van der Waals surface area (Å²) in [6, 6.07) is 4.47. The fraction of sp³-hybridized carbons (Fsp3) is 0.500. The second-order valence-corrected chi connectivity index (χ2v) is 5.11. The molecule has 21 heavy (non-hydrogen) atoms. The van der Waals surface area contributed by atoms with Crippen LogP contribution in [-0.4, -0.2) is 47.1 Å².